The van der Waals surface area contributed by atoms with Crippen LogP contribution in [0.1, 0.15) is 31.7 Å². The van der Waals surface area contributed by atoms with Gasteiger partial charge in [0.05, 0.1) is 19.2 Å². The molecule has 0 bridgehead atoms. The third-order valence-corrected chi connectivity index (χ3v) is 4.06. The SMILES string of the molecule is COc1ccc(C2CC(C)NC2C)c(Cl)c1OC. The maximum absolute atomic E-state index is 6.45. The monoisotopic (exact) mass is 269 g/mol. The first-order chi connectivity index (χ1) is 8.58. The van der Waals surface area contributed by atoms with Gasteiger partial charge in [-0.1, -0.05) is 17.7 Å². The lowest BCUT2D eigenvalue weighted by molar-refractivity contribution is 0.354. The van der Waals surface area contributed by atoms with Crippen LogP contribution < -0.4 is 14.8 Å². The van der Waals surface area contributed by atoms with Crippen molar-refractivity contribution >= 4 is 11.6 Å². The molecule has 1 aliphatic rings. The van der Waals surface area contributed by atoms with Crippen LogP contribution in [0.2, 0.25) is 5.02 Å². The quantitative estimate of drug-likeness (QED) is 0.914. The van der Waals surface area contributed by atoms with Crippen molar-refractivity contribution in [3.63, 3.8) is 0 Å². The number of nitrogens with one attached hydrogen (secondary N) is 1. The Hall–Kier alpha value is -0.930. The Kier molecular flexibility index (Phi) is 4.03. The van der Waals surface area contributed by atoms with E-state index in [1.54, 1.807) is 14.2 Å². The van der Waals surface area contributed by atoms with Crippen molar-refractivity contribution < 1.29 is 9.47 Å². The lowest BCUT2D eigenvalue weighted by atomic mass is 9.91. The summed E-state index contributed by atoms with van der Waals surface area (Å²) in [5.41, 5.74) is 1.14. The molecular formula is C14H20ClNO2. The van der Waals surface area contributed by atoms with Crippen molar-refractivity contribution in [1.29, 1.82) is 0 Å². The van der Waals surface area contributed by atoms with E-state index in [2.05, 4.69) is 19.2 Å². The van der Waals surface area contributed by atoms with Gasteiger partial charge in [-0.2, -0.15) is 0 Å². The molecule has 0 spiro atoms. The maximum atomic E-state index is 6.45. The van der Waals surface area contributed by atoms with E-state index in [1.165, 1.54) is 0 Å². The number of halogens is 1. The van der Waals surface area contributed by atoms with Crippen molar-refractivity contribution in [3.05, 3.63) is 22.7 Å². The molecule has 1 aromatic rings. The Bertz CT molecular complexity index is 436. The highest BCUT2D eigenvalue weighted by Crippen LogP contribution is 2.43. The summed E-state index contributed by atoms with van der Waals surface area (Å²) in [6.45, 7) is 4.40. The van der Waals surface area contributed by atoms with Gasteiger partial charge in [-0.05, 0) is 31.9 Å². The van der Waals surface area contributed by atoms with Crippen LogP contribution in [0, 0.1) is 0 Å². The summed E-state index contributed by atoms with van der Waals surface area (Å²) < 4.78 is 10.6. The van der Waals surface area contributed by atoms with E-state index in [-0.39, 0.29) is 0 Å². The first-order valence-electron chi connectivity index (χ1n) is 6.24. The Labute approximate surface area is 113 Å². The van der Waals surface area contributed by atoms with Gasteiger partial charge in [-0.25, -0.2) is 0 Å². The Morgan fingerprint density at radius 1 is 1.22 bits per heavy atom. The lowest BCUT2D eigenvalue weighted by Crippen LogP contribution is -2.26. The van der Waals surface area contributed by atoms with E-state index in [0.717, 1.165) is 12.0 Å². The third-order valence-electron chi connectivity index (χ3n) is 3.67. The Morgan fingerprint density at radius 3 is 2.44 bits per heavy atom. The van der Waals surface area contributed by atoms with E-state index in [4.69, 9.17) is 21.1 Å². The molecule has 3 nitrogen and oxygen atoms in total. The molecule has 1 fully saturated rings. The molecule has 0 radical (unpaired) electrons. The summed E-state index contributed by atoms with van der Waals surface area (Å²) >= 11 is 6.45. The smallest absolute Gasteiger partial charge is 0.179 e. The highest BCUT2D eigenvalue weighted by Gasteiger charge is 2.31. The number of ether oxygens (including phenoxy) is 2. The van der Waals surface area contributed by atoms with E-state index in [1.807, 2.05) is 12.1 Å². The summed E-state index contributed by atoms with van der Waals surface area (Å²) in [6.07, 6.45) is 1.09. The Balaban J connectivity index is 2.40. The molecule has 0 amide bonds. The highest BCUT2D eigenvalue weighted by molar-refractivity contribution is 6.33. The first-order valence-corrected chi connectivity index (χ1v) is 6.62. The van der Waals surface area contributed by atoms with E-state index >= 15 is 0 Å². The molecule has 3 atom stereocenters. The lowest BCUT2D eigenvalue weighted by Gasteiger charge is -2.19. The maximum Gasteiger partial charge on any atom is 0.179 e. The van der Waals surface area contributed by atoms with Crippen LogP contribution in [0.4, 0.5) is 0 Å². The van der Waals surface area contributed by atoms with Gasteiger partial charge in [-0.3, -0.25) is 0 Å². The number of hydrogen-bond acceptors (Lipinski definition) is 3. The predicted molar refractivity (Wildman–Crippen MR) is 74.0 cm³/mol. The van der Waals surface area contributed by atoms with Gasteiger partial charge in [0, 0.05) is 18.0 Å². The summed E-state index contributed by atoms with van der Waals surface area (Å²) in [4.78, 5) is 0. The van der Waals surface area contributed by atoms with Crippen LogP contribution >= 0.6 is 11.6 Å². The van der Waals surface area contributed by atoms with Crippen molar-refractivity contribution in [1.82, 2.24) is 5.32 Å². The summed E-state index contributed by atoms with van der Waals surface area (Å²) in [5.74, 6) is 1.73. The molecule has 2 rings (SSSR count). The zero-order chi connectivity index (χ0) is 13.3. The molecule has 1 N–H and O–H groups in total. The average molecular weight is 270 g/mol. The molecule has 0 aliphatic carbocycles. The van der Waals surface area contributed by atoms with Crippen molar-refractivity contribution in [2.45, 2.75) is 38.3 Å². The molecule has 0 saturated carbocycles. The molecular weight excluding hydrogens is 250 g/mol. The fraction of sp³-hybridized carbons (Fsp3) is 0.571. The minimum Gasteiger partial charge on any atom is -0.493 e. The van der Waals surface area contributed by atoms with Crippen LogP contribution in [0.3, 0.4) is 0 Å². The molecule has 18 heavy (non-hydrogen) atoms. The molecule has 1 heterocycles. The summed E-state index contributed by atoms with van der Waals surface area (Å²) in [6, 6.07) is 4.92. The fourth-order valence-corrected chi connectivity index (χ4v) is 3.18. The molecule has 1 saturated heterocycles. The minimum absolute atomic E-state index is 0.423. The van der Waals surface area contributed by atoms with Gasteiger partial charge in [0.25, 0.3) is 0 Å². The van der Waals surface area contributed by atoms with Crippen LogP contribution in [0.15, 0.2) is 12.1 Å². The molecule has 1 aromatic carbocycles. The summed E-state index contributed by atoms with van der Waals surface area (Å²) in [7, 11) is 3.24. The zero-order valence-corrected chi connectivity index (χ0v) is 12.0. The van der Waals surface area contributed by atoms with Crippen LogP contribution in [-0.4, -0.2) is 26.3 Å². The molecule has 100 valence electrons. The van der Waals surface area contributed by atoms with E-state index < -0.39 is 0 Å². The number of rotatable bonds is 3. The van der Waals surface area contributed by atoms with E-state index in [0.29, 0.717) is 34.5 Å². The van der Waals surface area contributed by atoms with Gasteiger partial charge in [-0.15, -0.1) is 0 Å². The standard InChI is InChI=1S/C14H20ClNO2/c1-8-7-11(9(2)16-8)10-5-6-12(17-3)14(18-4)13(10)15/h5-6,8-9,11,16H,7H2,1-4H3. The van der Waals surface area contributed by atoms with Crippen LogP contribution in [0.25, 0.3) is 0 Å². The zero-order valence-electron chi connectivity index (χ0n) is 11.3. The number of benzene rings is 1. The second kappa shape index (κ2) is 5.37. The predicted octanol–water partition coefficient (Wildman–Crippen LogP) is 3.21. The van der Waals surface area contributed by atoms with Crippen molar-refractivity contribution in [2.24, 2.45) is 0 Å². The Morgan fingerprint density at radius 2 is 1.94 bits per heavy atom. The topological polar surface area (TPSA) is 30.5 Å². The third kappa shape index (κ3) is 2.29. The second-order valence-electron chi connectivity index (χ2n) is 4.90. The first kappa shape index (κ1) is 13.5. The van der Waals surface area contributed by atoms with Gasteiger partial charge >= 0.3 is 0 Å². The highest BCUT2D eigenvalue weighted by atomic mass is 35.5. The largest absolute Gasteiger partial charge is 0.493 e. The average Bonchev–Trinajstić information content (AvgIpc) is 2.67. The van der Waals surface area contributed by atoms with Crippen LogP contribution in [-0.2, 0) is 0 Å². The number of methoxy groups -OCH3 is 2. The number of hydrogen-bond donors (Lipinski definition) is 1. The van der Waals surface area contributed by atoms with Gasteiger partial charge in [0.15, 0.2) is 11.5 Å². The van der Waals surface area contributed by atoms with Crippen molar-refractivity contribution in [2.75, 3.05) is 14.2 Å². The van der Waals surface area contributed by atoms with Gasteiger partial charge < -0.3 is 14.8 Å². The van der Waals surface area contributed by atoms with Crippen LogP contribution in [0.5, 0.6) is 11.5 Å². The normalized spacial score (nSPS) is 27.3. The van der Waals surface area contributed by atoms with Gasteiger partial charge in [0.1, 0.15) is 0 Å². The second-order valence-corrected chi connectivity index (χ2v) is 5.28. The molecule has 3 unspecified atom stereocenters. The summed E-state index contributed by atoms with van der Waals surface area (Å²) in [5, 5.41) is 4.20. The molecule has 4 heteroatoms. The molecule has 0 aromatic heterocycles. The van der Waals surface area contributed by atoms with Crippen molar-refractivity contribution in [3.8, 4) is 11.5 Å². The van der Waals surface area contributed by atoms with Gasteiger partial charge in [0.2, 0.25) is 0 Å². The minimum atomic E-state index is 0.423. The fourth-order valence-electron chi connectivity index (χ4n) is 2.81. The van der Waals surface area contributed by atoms with E-state index in [9.17, 15) is 0 Å². The molecule has 1 aliphatic heterocycles.